The van der Waals surface area contributed by atoms with Crippen molar-refractivity contribution >= 4 is 5.97 Å². The monoisotopic (exact) mass is 228 g/mol. The quantitative estimate of drug-likeness (QED) is 0.681. The normalized spacial score (nSPS) is 29.5. The fourth-order valence-corrected chi connectivity index (χ4v) is 2.93. The molecule has 0 spiro atoms. The van der Waals surface area contributed by atoms with Gasteiger partial charge in [0.15, 0.2) is 0 Å². The van der Waals surface area contributed by atoms with Crippen molar-refractivity contribution in [1.29, 1.82) is 0 Å². The second kappa shape index (κ2) is 6.89. The maximum Gasteiger partial charge on any atom is 0.303 e. The van der Waals surface area contributed by atoms with E-state index >= 15 is 0 Å². The molecular weight excluding hydrogens is 204 g/mol. The van der Waals surface area contributed by atoms with Crippen LogP contribution in [0.25, 0.3) is 0 Å². The van der Waals surface area contributed by atoms with Crippen molar-refractivity contribution in [1.82, 2.24) is 0 Å². The molecule has 16 heavy (non-hydrogen) atoms. The number of carbonyl (C=O) groups is 1. The molecule has 0 radical (unpaired) electrons. The molecule has 1 saturated carbocycles. The summed E-state index contributed by atoms with van der Waals surface area (Å²) in [5.74, 6) is 0.134. The highest BCUT2D eigenvalue weighted by Gasteiger charge is 2.36. The van der Waals surface area contributed by atoms with Crippen molar-refractivity contribution in [2.45, 2.75) is 58.0 Å². The first-order chi connectivity index (χ1) is 7.69. The number of carboxylic acids is 1. The van der Waals surface area contributed by atoms with Crippen LogP contribution in [0, 0.1) is 11.8 Å². The number of ether oxygens (including phenoxy) is 1. The molecule has 94 valence electrons. The molecule has 0 aromatic heterocycles. The molecule has 0 amide bonds. The van der Waals surface area contributed by atoms with Crippen molar-refractivity contribution in [3.63, 3.8) is 0 Å². The van der Waals surface area contributed by atoms with E-state index in [9.17, 15) is 4.79 Å². The molecule has 0 aliphatic heterocycles. The molecule has 1 fully saturated rings. The van der Waals surface area contributed by atoms with Gasteiger partial charge in [0, 0.05) is 13.5 Å². The maximum atomic E-state index is 10.8. The van der Waals surface area contributed by atoms with E-state index in [0.29, 0.717) is 24.4 Å². The summed E-state index contributed by atoms with van der Waals surface area (Å²) in [5, 5.41) is 8.88. The number of hydrogen-bond acceptors (Lipinski definition) is 2. The molecule has 3 atom stereocenters. The molecule has 1 aliphatic carbocycles. The zero-order valence-corrected chi connectivity index (χ0v) is 10.4. The summed E-state index contributed by atoms with van der Waals surface area (Å²) in [6.07, 6.45) is 7.45. The third kappa shape index (κ3) is 3.78. The predicted octanol–water partition coefficient (Wildman–Crippen LogP) is 3.08. The predicted molar refractivity (Wildman–Crippen MR) is 63.4 cm³/mol. The van der Waals surface area contributed by atoms with Crippen LogP contribution in [0.2, 0.25) is 0 Å². The third-order valence-electron chi connectivity index (χ3n) is 3.79. The first kappa shape index (κ1) is 13.5. The van der Waals surface area contributed by atoms with E-state index in [-0.39, 0.29) is 0 Å². The van der Waals surface area contributed by atoms with Gasteiger partial charge in [-0.05, 0) is 31.1 Å². The number of hydrogen-bond donors (Lipinski definition) is 1. The summed E-state index contributed by atoms with van der Waals surface area (Å²) < 4.78 is 5.47. The van der Waals surface area contributed by atoms with Crippen LogP contribution in [0.3, 0.4) is 0 Å². The van der Waals surface area contributed by atoms with E-state index in [1.165, 1.54) is 19.3 Å². The van der Waals surface area contributed by atoms with Crippen molar-refractivity contribution in [2.24, 2.45) is 11.8 Å². The highest BCUT2D eigenvalue weighted by atomic mass is 16.5. The van der Waals surface area contributed by atoms with Crippen molar-refractivity contribution in [2.75, 3.05) is 7.11 Å². The second-order valence-corrected chi connectivity index (χ2v) is 4.87. The Bertz CT molecular complexity index is 215. The minimum Gasteiger partial charge on any atom is -0.481 e. The van der Waals surface area contributed by atoms with Crippen LogP contribution in [-0.4, -0.2) is 24.3 Å². The van der Waals surface area contributed by atoms with Gasteiger partial charge in [-0.2, -0.15) is 0 Å². The first-order valence-electron chi connectivity index (χ1n) is 6.43. The molecule has 0 aromatic rings. The minimum absolute atomic E-state index is 0.293. The van der Waals surface area contributed by atoms with Gasteiger partial charge >= 0.3 is 5.97 Å². The lowest BCUT2D eigenvalue weighted by atomic mass is 9.87. The van der Waals surface area contributed by atoms with E-state index < -0.39 is 5.97 Å². The highest BCUT2D eigenvalue weighted by molar-refractivity contribution is 5.67. The Hall–Kier alpha value is -0.570. The minimum atomic E-state index is -0.665. The van der Waals surface area contributed by atoms with Gasteiger partial charge in [-0.15, -0.1) is 0 Å². The van der Waals surface area contributed by atoms with Gasteiger partial charge in [0.1, 0.15) is 0 Å². The topological polar surface area (TPSA) is 46.5 Å². The number of methoxy groups -OCH3 is 1. The summed E-state index contributed by atoms with van der Waals surface area (Å²) >= 11 is 0. The smallest absolute Gasteiger partial charge is 0.303 e. The lowest BCUT2D eigenvalue weighted by molar-refractivity contribution is -0.138. The highest BCUT2D eigenvalue weighted by Crippen LogP contribution is 2.39. The van der Waals surface area contributed by atoms with Gasteiger partial charge in [-0.3, -0.25) is 4.79 Å². The summed E-state index contributed by atoms with van der Waals surface area (Å²) in [6, 6.07) is 0. The lowest BCUT2D eigenvalue weighted by Gasteiger charge is -2.23. The molecule has 3 heteroatoms. The van der Waals surface area contributed by atoms with Gasteiger partial charge in [0.05, 0.1) is 6.10 Å². The van der Waals surface area contributed by atoms with Crippen molar-refractivity contribution in [3.8, 4) is 0 Å². The average Bonchev–Trinajstić information content (AvgIpc) is 2.61. The first-order valence-corrected chi connectivity index (χ1v) is 6.43. The molecule has 1 aliphatic rings. The Morgan fingerprint density at radius 1 is 1.38 bits per heavy atom. The zero-order valence-electron chi connectivity index (χ0n) is 10.4. The second-order valence-electron chi connectivity index (χ2n) is 4.87. The van der Waals surface area contributed by atoms with Crippen LogP contribution in [0.15, 0.2) is 0 Å². The average molecular weight is 228 g/mol. The van der Waals surface area contributed by atoms with Gasteiger partial charge in [-0.1, -0.05) is 26.2 Å². The standard InChI is InChI=1S/C13H24O3/c1-3-4-5-6-11-10(9-13(14)15)7-8-12(11)16-2/h10-12H,3-9H2,1-2H3,(H,14,15). The Morgan fingerprint density at radius 3 is 2.69 bits per heavy atom. The van der Waals surface area contributed by atoms with Crippen LogP contribution in [-0.2, 0) is 9.53 Å². The molecule has 3 nitrogen and oxygen atoms in total. The van der Waals surface area contributed by atoms with E-state index in [4.69, 9.17) is 9.84 Å². The Kier molecular flexibility index (Phi) is 5.81. The van der Waals surface area contributed by atoms with E-state index in [1.807, 2.05) is 0 Å². The van der Waals surface area contributed by atoms with Crippen molar-refractivity contribution in [3.05, 3.63) is 0 Å². The summed E-state index contributed by atoms with van der Waals surface area (Å²) in [6.45, 7) is 2.19. The van der Waals surface area contributed by atoms with Gasteiger partial charge < -0.3 is 9.84 Å². The van der Waals surface area contributed by atoms with Crippen molar-refractivity contribution < 1.29 is 14.6 Å². The van der Waals surface area contributed by atoms with Gasteiger partial charge in [0.25, 0.3) is 0 Å². The molecule has 1 rings (SSSR count). The molecule has 1 N–H and O–H groups in total. The molecule has 3 unspecified atom stereocenters. The molecule has 0 bridgehead atoms. The summed E-state index contributed by atoms with van der Waals surface area (Å²) in [5.41, 5.74) is 0. The molecule has 0 saturated heterocycles. The van der Waals surface area contributed by atoms with Crippen LogP contribution in [0.1, 0.15) is 51.9 Å². The largest absolute Gasteiger partial charge is 0.481 e. The number of unbranched alkanes of at least 4 members (excludes halogenated alkanes) is 2. The number of aliphatic carboxylic acids is 1. The summed E-state index contributed by atoms with van der Waals surface area (Å²) in [4.78, 5) is 10.8. The molecule has 0 heterocycles. The maximum absolute atomic E-state index is 10.8. The zero-order chi connectivity index (χ0) is 12.0. The fourth-order valence-electron chi connectivity index (χ4n) is 2.93. The Labute approximate surface area is 98.2 Å². The van der Waals surface area contributed by atoms with E-state index in [0.717, 1.165) is 19.3 Å². The van der Waals surface area contributed by atoms with Crippen LogP contribution in [0.5, 0.6) is 0 Å². The number of carboxylic acid groups (broad SMARTS) is 1. The lowest BCUT2D eigenvalue weighted by Crippen LogP contribution is -2.22. The van der Waals surface area contributed by atoms with Crippen LogP contribution < -0.4 is 0 Å². The van der Waals surface area contributed by atoms with Crippen LogP contribution >= 0.6 is 0 Å². The Morgan fingerprint density at radius 2 is 2.12 bits per heavy atom. The summed E-state index contributed by atoms with van der Waals surface area (Å²) in [7, 11) is 1.75. The molecule has 0 aromatic carbocycles. The van der Waals surface area contributed by atoms with E-state index in [1.54, 1.807) is 7.11 Å². The van der Waals surface area contributed by atoms with Crippen LogP contribution in [0.4, 0.5) is 0 Å². The number of rotatable bonds is 7. The van der Waals surface area contributed by atoms with Gasteiger partial charge in [0.2, 0.25) is 0 Å². The Balaban J connectivity index is 2.45. The van der Waals surface area contributed by atoms with Gasteiger partial charge in [-0.25, -0.2) is 0 Å². The third-order valence-corrected chi connectivity index (χ3v) is 3.79. The van der Waals surface area contributed by atoms with E-state index in [2.05, 4.69) is 6.92 Å². The fraction of sp³-hybridized carbons (Fsp3) is 0.923. The molecular formula is C13H24O3. The SMILES string of the molecule is CCCCCC1C(CC(=O)O)CCC1OC.